The number of nitrogens with one attached hydrogen (secondary N) is 2. The van der Waals surface area contributed by atoms with Crippen molar-refractivity contribution in [2.75, 3.05) is 18.4 Å². The highest BCUT2D eigenvalue weighted by molar-refractivity contribution is 5.67. The zero-order valence-electron chi connectivity index (χ0n) is 10.8. The number of alkyl carbamates (subject to hydrolysis) is 1. The number of rotatable bonds is 4. The fourth-order valence-electron chi connectivity index (χ4n) is 1.18. The number of carbonyl (C=O) groups is 1. The summed E-state index contributed by atoms with van der Waals surface area (Å²) in [7, 11) is 0. The van der Waals surface area contributed by atoms with Crippen molar-refractivity contribution >= 4 is 11.9 Å². The zero-order chi connectivity index (χ0) is 13.6. The molecule has 0 aliphatic heterocycles. The maximum atomic E-state index is 13.2. The molecule has 0 unspecified atom stereocenters. The molecule has 6 heteroatoms. The summed E-state index contributed by atoms with van der Waals surface area (Å²) in [6.07, 6.45) is 0.998. The fourth-order valence-corrected chi connectivity index (χ4v) is 1.18. The third-order valence-electron chi connectivity index (χ3n) is 1.84. The van der Waals surface area contributed by atoms with Gasteiger partial charge in [0.1, 0.15) is 5.60 Å². The highest BCUT2D eigenvalue weighted by Gasteiger charge is 2.15. The van der Waals surface area contributed by atoms with Crippen LogP contribution in [0.5, 0.6) is 0 Å². The molecule has 0 saturated heterocycles. The first-order valence-corrected chi connectivity index (χ1v) is 5.70. The smallest absolute Gasteiger partial charge is 0.407 e. The molecule has 100 valence electrons. The van der Waals surface area contributed by atoms with E-state index in [1.165, 1.54) is 18.3 Å². The Labute approximate surface area is 106 Å². The predicted octanol–water partition coefficient (Wildman–Crippen LogP) is 2.16. The van der Waals surface area contributed by atoms with E-state index >= 15 is 0 Å². The van der Waals surface area contributed by atoms with Gasteiger partial charge >= 0.3 is 6.09 Å². The summed E-state index contributed by atoms with van der Waals surface area (Å²) in [5, 5.41) is 5.33. The average molecular weight is 255 g/mol. The van der Waals surface area contributed by atoms with Crippen molar-refractivity contribution in [2.24, 2.45) is 0 Å². The number of pyridine rings is 1. The Morgan fingerprint density at radius 3 is 2.78 bits per heavy atom. The Kier molecular flexibility index (Phi) is 4.88. The normalized spacial score (nSPS) is 10.9. The van der Waals surface area contributed by atoms with Crippen molar-refractivity contribution < 1.29 is 13.9 Å². The van der Waals surface area contributed by atoms with Crippen LogP contribution in [-0.2, 0) is 4.74 Å². The van der Waals surface area contributed by atoms with Crippen LogP contribution >= 0.6 is 0 Å². The number of nitrogens with zero attached hydrogens (tertiary/aromatic N) is 1. The molecule has 0 aliphatic rings. The maximum absolute atomic E-state index is 13.2. The summed E-state index contributed by atoms with van der Waals surface area (Å²) >= 11 is 0. The largest absolute Gasteiger partial charge is 0.444 e. The lowest BCUT2D eigenvalue weighted by atomic mass is 10.2. The van der Waals surface area contributed by atoms with Crippen LogP contribution in [0, 0.1) is 5.82 Å². The van der Waals surface area contributed by atoms with E-state index in [9.17, 15) is 9.18 Å². The highest BCUT2D eigenvalue weighted by Crippen LogP contribution is 2.07. The third-order valence-corrected chi connectivity index (χ3v) is 1.84. The topological polar surface area (TPSA) is 63.2 Å². The molecule has 1 amide bonds. The van der Waals surface area contributed by atoms with Gasteiger partial charge in [-0.15, -0.1) is 0 Å². The number of aromatic nitrogens is 1. The molecule has 0 radical (unpaired) electrons. The van der Waals surface area contributed by atoms with E-state index in [1.807, 2.05) is 0 Å². The minimum atomic E-state index is -0.523. The summed E-state index contributed by atoms with van der Waals surface area (Å²) in [4.78, 5) is 15.1. The first kappa shape index (κ1) is 14.2. The van der Waals surface area contributed by atoms with Gasteiger partial charge in [0.15, 0.2) is 11.6 Å². The third kappa shape index (κ3) is 5.47. The number of hydrogen-bond acceptors (Lipinski definition) is 4. The van der Waals surface area contributed by atoms with Crippen LogP contribution in [0.15, 0.2) is 18.3 Å². The lowest BCUT2D eigenvalue weighted by molar-refractivity contribution is 0.0530. The summed E-state index contributed by atoms with van der Waals surface area (Å²) < 4.78 is 18.2. The van der Waals surface area contributed by atoms with Crippen LogP contribution in [0.1, 0.15) is 20.8 Å². The number of hydrogen-bond donors (Lipinski definition) is 2. The van der Waals surface area contributed by atoms with Crippen molar-refractivity contribution in [1.82, 2.24) is 10.3 Å². The van der Waals surface area contributed by atoms with E-state index in [-0.39, 0.29) is 5.82 Å². The molecule has 0 aromatic carbocycles. The van der Waals surface area contributed by atoms with Crippen LogP contribution < -0.4 is 10.6 Å². The molecule has 1 aromatic heterocycles. The Balaban J connectivity index is 2.23. The van der Waals surface area contributed by atoms with Gasteiger partial charge in [0.2, 0.25) is 0 Å². The molecule has 0 fully saturated rings. The molecule has 0 bridgehead atoms. The SMILES string of the molecule is CC(C)(C)OC(=O)NCCNc1ncccc1F. The van der Waals surface area contributed by atoms with Crippen molar-refractivity contribution in [3.8, 4) is 0 Å². The first-order chi connectivity index (χ1) is 8.38. The summed E-state index contributed by atoms with van der Waals surface area (Å²) in [6.45, 7) is 6.05. The monoisotopic (exact) mass is 255 g/mol. The number of carbonyl (C=O) groups excluding carboxylic acids is 1. The second-order valence-corrected chi connectivity index (χ2v) is 4.69. The number of amides is 1. The summed E-state index contributed by atoms with van der Waals surface area (Å²) in [5.74, 6) is -0.252. The number of halogens is 1. The second-order valence-electron chi connectivity index (χ2n) is 4.69. The van der Waals surface area contributed by atoms with E-state index in [2.05, 4.69) is 15.6 Å². The van der Waals surface area contributed by atoms with Crippen molar-refractivity contribution in [3.05, 3.63) is 24.1 Å². The van der Waals surface area contributed by atoms with E-state index < -0.39 is 17.5 Å². The highest BCUT2D eigenvalue weighted by atomic mass is 19.1. The molecule has 1 aromatic rings. The molecule has 5 nitrogen and oxygen atoms in total. The maximum Gasteiger partial charge on any atom is 0.407 e. The molecule has 2 N–H and O–H groups in total. The molecule has 0 saturated carbocycles. The van der Waals surface area contributed by atoms with Gasteiger partial charge in [-0.05, 0) is 32.9 Å². The van der Waals surface area contributed by atoms with Gasteiger partial charge in [-0.25, -0.2) is 14.2 Å². The minimum absolute atomic E-state index is 0.170. The zero-order valence-corrected chi connectivity index (χ0v) is 10.8. The molecular formula is C12H18FN3O2. The van der Waals surface area contributed by atoms with Crippen LogP contribution in [-0.4, -0.2) is 29.8 Å². The fraction of sp³-hybridized carbons (Fsp3) is 0.500. The van der Waals surface area contributed by atoms with Crippen molar-refractivity contribution in [2.45, 2.75) is 26.4 Å². The minimum Gasteiger partial charge on any atom is -0.444 e. The first-order valence-electron chi connectivity index (χ1n) is 5.70. The van der Waals surface area contributed by atoms with Gasteiger partial charge in [-0.2, -0.15) is 0 Å². The van der Waals surface area contributed by atoms with Gasteiger partial charge < -0.3 is 15.4 Å². The predicted molar refractivity (Wildman–Crippen MR) is 66.9 cm³/mol. The summed E-state index contributed by atoms with van der Waals surface area (Å²) in [5.41, 5.74) is -0.523. The van der Waals surface area contributed by atoms with Crippen molar-refractivity contribution in [1.29, 1.82) is 0 Å². The Bertz CT molecular complexity index is 405. The van der Waals surface area contributed by atoms with E-state index in [4.69, 9.17) is 4.74 Å². The number of ether oxygens (including phenoxy) is 1. The summed E-state index contributed by atoms with van der Waals surface area (Å²) in [6, 6.07) is 2.83. The van der Waals surface area contributed by atoms with Gasteiger partial charge in [-0.3, -0.25) is 0 Å². The Morgan fingerprint density at radius 2 is 2.17 bits per heavy atom. The van der Waals surface area contributed by atoms with E-state index in [0.717, 1.165) is 0 Å². The Hall–Kier alpha value is -1.85. The van der Waals surface area contributed by atoms with E-state index in [0.29, 0.717) is 13.1 Å². The van der Waals surface area contributed by atoms with E-state index in [1.54, 1.807) is 20.8 Å². The van der Waals surface area contributed by atoms with Gasteiger partial charge in [0, 0.05) is 19.3 Å². The molecule has 1 rings (SSSR count). The molecule has 0 aliphatic carbocycles. The van der Waals surface area contributed by atoms with Gasteiger partial charge in [0.05, 0.1) is 0 Å². The van der Waals surface area contributed by atoms with Crippen molar-refractivity contribution in [3.63, 3.8) is 0 Å². The lowest BCUT2D eigenvalue weighted by Crippen LogP contribution is -2.35. The molecule has 18 heavy (non-hydrogen) atoms. The van der Waals surface area contributed by atoms with Gasteiger partial charge in [0.25, 0.3) is 0 Å². The lowest BCUT2D eigenvalue weighted by Gasteiger charge is -2.19. The van der Waals surface area contributed by atoms with Crippen LogP contribution in [0.4, 0.5) is 15.0 Å². The van der Waals surface area contributed by atoms with Crippen LogP contribution in [0.25, 0.3) is 0 Å². The van der Waals surface area contributed by atoms with Crippen LogP contribution in [0.2, 0.25) is 0 Å². The molecule has 0 spiro atoms. The average Bonchev–Trinajstić information content (AvgIpc) is 2.24. The standard InChI is InChI=1S/C12H18FN3O2/c1-12(2,3)18-11(17)16-8-7-15-10-9(13)5-4-6-14-10/h4-6H,7-8H2,1-3H3,(H,14,15)(H,16,17). The second kappa shape index (κ2) is 6.18. The molecular weight excluding hydrogens is 237 g/mol. The number of anilines is 1. The van der Waals surface area contributed by atoms with Crippen LogP contribution in [0.3, 0.4) is 0 Å². The Morgan fingerprint density at radius 1 is 1.44 bits per heavy atom. The van der Waals surface area contributed by atoms with Gasteiger partial charge in [-0.1, -0.05) is 0 Å². The quantitative estimate of drug-likeness (QED) is 0.809. The molecule has 0 atom stereocenters. The molecule has 1 heterocycles.